The predicted molar refractivity (Wildman–Crippen MR) is 77.7 cm³/mol. The Morgan fingerprint density at radius 3 is 2.58 bits per heavy atom. The van der Waals surface area contributed by atoms with Gasteiger partial charge in [-0.05, 0) is 27.2 Å². The molecule has 0 amide bonds. The Morgan fingerprint density at radius 2 is 2.05 bits per heavy atom. The van der Waals surface area contributed by atoms with Crippen molar-refractivity contribution >= 4 is 9.84 Å². The van der Waals surface area contributed by atoms with Gasteiger partial charge in [-0.2, -0.15) is 0 Å². The van der Waals surface area contributed by atoms with E-state index in [-0.39, 0.29) is 11.8 Å². The third-order valence-corrected chi connectivity index (χ3v) is 5.82. The van der Waals surface area contributed by atoms with Crippen molar-refractivity contribution in [2.75, 3.05) is 5.75 Å². The van der Waals surface area contributed by atoms with Crippen molar-refractivity contribution in [1.82, 2.24) is 9.55 Å². The lowest BCUT2D eigenvalue weighted by atomic mass is 10.1. The molecule has 2 N–H and O–H groups in total. The fourth-order valence-corrected chi connectivity index (χ4v) is 2.64. The Bertz CT molecular complexity index is 500. The van der Waals surface area contributed by atoms with E-state index in [2.05, 4.69) is 4.98 Å². The summed E-state index contributed by atoms with van der Waals surface area (Å²) in [6, 6.07) is 0.113. The van der Waals surface area contributed by atoms with Gasteiger partial charge in [0.05, 0.1) is 22.5 Å². The smallest absolute Gasteiger partial charge is 0.156 e. The molecule has 0 aliphatic rings. The Kier molecular flexibility index (Phi) is 5.15. The number of hydrogen-bond donors (Lipinski definition) is 1. The quantitative estimate of drug-likeness (QED) is 0.857. The highest BCUT2D eigenvalue weighted by atomic mass is 32.2. The number of rotatable bonds is 6. The molecule has 0 fully saturated rings. The van der Waals surface area contributed by atoms with Crippen LogP contribution in [0.2, 0.25) is 0 Å². The molecule has 19 heavy (non-hydrogen) atoms. The van der Waals surface area contributed by atoms with Crippen LogP contribution in [0.5, 0.6) is 0 Å². The first kappa shape index (κ1) is 16.2. The largest absolute Gasteiger partial charge is 0.336 e. The summed E-state index contributed by atoms with van der Waals surface area (Å²) in [7, 11) is -3.09. The molecule has 110 valence electrons. The van der Waals surface area contributed by atoms with Crippen molar-refractivity contribution in [2.45, 2.75) is 57.9 Å². The molecule has 1 aromatic heterocycles. The molecule has 1 rings (SSSR count). The van der Waals surface area contributed by atoms with Crippen molar-refractivity contribution < 1.29 is 8.42 Å². The summed E-state index contributed by atoms with van der Waals surface area (Å²) >= 11 is 0. The normalized spacial score (nSPS) is 14.6. The highest BCUT2D eigenvalue weighted by Gasteiger charge is 2.28. The third kappa shape index (κ3) is 4.62. The van der Waals surface area contributed by atoms with Gasteiger partial charge in [-0.25, -0.2) is 13.4 Å². The second-order valence-electron chi connectivity index (χ2n) is 5.91. The van der Waals surface area contributed by atoms with Gasteiger partial charge in [0.1, 0.15) is 0 Å². The summed E-state index contributed by atoms with van der Waals surface area (Å²) in [5.74, 6) is 0.131. The van der Waals surface area contributed by atoms with E-state index in [1.54, 1.807) is 27.1 Å². The number of sulfone groups is 1. The minimum atomic E-state index is -3.09. The monoisotopic (exact) mass is 287 g/mol. The molecule has 1 atom stereocenters. The molecule has 1 heterocycles. The summed E-state index contributed by atoms with van der Waals surface area (Å²) in [6.07, 6.45) is 5.20. The van der Waals surface area contributed by atoms with Crippen LogP contribution in [0.1, 0.15) is 39.8 Å². The van der Waals surface area contributed by atoms with E-state index >= 15 is 0 Å². The fourth-order valence-electron chi connectivity index (χ4n) is 1.58. The van der Waals surface area contributed by atoms with Gasteiger partial charge >= 0.3 is 0 Å². The zero-order valence-corrected chi connectivity index (χ0v) is 13.1. The van der Waals surface area contributed by atoms with Gasteiger partial charge in [0.15, 0.2) is 9.84 Å². The first-order valence-electron chi connectivity index (χ1n) is 6.64. The van der Waals surface area contributed by atoms with E-state index in [0.717, 1.165) is 18.5 Å². The number of imidazole rings is 1. The molecule has 0 bridgehead atoms. The van der Waals surface area contributed by atoms with Crippen LogP contribution in [0.3, 0.4) is 0 Å². The maximum absolute atomic E-state index is 12.0. The van der Waals surface area contributed by atoms with Crippen LogP contribution in [-0.4, -0.2) is 34.5 Å². The van der Waals surface area contributed by atoms with Gasteiger partial charge in [0.2, 0.25) is 0 Å². The number of aromatic nitrogens is 2. The lowest BCUT2D eigenvalue weighted by Gasteiger charge is -2.19. The van der Waals surface area contributed by atoms with E-state index in [1.165, 1.54) is 0 Å². The number of nitrogens with two attached hydrogens (primary N) is 1. The van der Waals surface area contributed by atoms with Gasteiger partial charge in [-0.3, -0.25) is 0 Å². The summed E-state index contributed by atoms with van der Waals surface area (Å²) in [4.78, 5) is 4.26. The van der Waals surface area contributed by atoms with E-state index in [0.29, 0.717) is 6.54 Å². The van der Waals surface area contributed by atoms with Gasteiger partial charge in [-0.15, -0.1) is 0 Å². The average molecular weight is 287 g/mol. The summed E-state index contributed by atoms with van der Waals surface area (Å²) in [5, 5.41) is 0. The predicted octanol–water partition coefficient (Wildman–Crippen LogP) is 1.38. The van der Waals surface area contributed by atoms with Crippen LogP contribution in [0, 0.1) is 0 Å². The van der Waals surface area contributed by atoms with Crippen LogP contribution in [0.15, 0.2) is 12.5 Å². The van der Waals surface area contributed by atoms with Crippen molar-refractivity contribution in [3.63, 3.8) is 0 Å². The molecule has 0 aliphatic carbocycles. The lowest BCUT2D eigenvalue weighted by molar-refractivity contribution is 0.553. The fraction of sp³-hybridized carbons (Fsp3) is 0.769. The number of hydrogen-bond acceptors (Lipinski definition) is 4. The third-order valence-electron chi connectivity index (χ3n) is 3.23. The van der Waals surface area contributed by atoms with Crippen molar-refractivity contribution in [3.05, 3.63) is 18.2 Å². The van der Waals surface area contributed by atoms with Crippen LogP contribution >= 0.6 is 0 Å². The molecule has 0 saturated carbocycles. The molecular weight excluding hydrogens is 262 g/mol. The molecule has 1 aromatic rings. The Labute approximate surface area is 116 Å². The lowest BCUT2D eigenvalue weighted by Crippen LogP contribution is -2.31. The van der Waals surface area contributed by atoms with Gasteiger partial charge in [0.25, 0.3) is 0 Å². The summed E-state index contributed by atoms with van der Waals surface area (Å²) < 4.78 is 25.1. The maximum Gasteiger partial charge on any atom is 0.156 e. The first-order valence-corrected chi connectivity index (χ1v) is 8.29. The zero-order chi connectivity index (χ0) is 14.7. The van der Waals surface area contributed by atoms with Gasteiger partial charge < -0.3 is 10.3 Å². The Hall–Kier alpha value is -0.880. The van der Waals surface area contributed by atoms with Crippen LogP contribution in [0.4, 0.5) is 0 Å². The summed E-state index contributed by atoms with van der Waals surface area (Å²) in [5.41, 5.74) is 6.79. The van der Waals surface area contributed by atoms with Crippen LogP contribution in [-0.2, 0) is 22.8 Å². The topological polar surface area (TPSA) is 78.0 Å². The Morgan fingerprint density at radius 1 is 1.42 bits per heavy atom. The Balaban J connectivity index is 2.61. The average Bonchev–Trinajstić information content (AvgIpc) is 2.72. The maximum atomic E-state index is 12.0. The van der Waals surface area contributed by atoms with E-state index < -0.39 is 14.6 Å². The van der Waals surface area contributed by atoms with Gasteiger partial charge in [0, 0.05) is 25.2 Å². The molecule has 5 nitrogen and oxygen atoms in total. The zero-order valence-electron chi connectivity index (χ0n) is 12.3. The van der Waals surface area contributed by atoms with Crippen molar-refractivity contribution in [1.29, 1.82) is 0 Å². The molecule has 0 spiro atoms. The molecular formula is C13H25N3O2S. The molecule has 0 radical (unpaired) electrons. The van der Waals surface area contributed by atoms with E-state index in [1.807, 2.05) is 17.7 Å². The van der Waals surface area contributed by atoms with E-state index in [9.17, 15) is 8.42 Å². The van der Waals surface area contributed by atoms with Crippen LogP contribution < -0.4 is 5.73 Å². The van der Waals surface area contributed by atoms with Crippen molar-refractivity contribution in [3.8, 4) is 0 Å². The highest BCUT2D eigenvalue weighted by Crippen LogP contribution is 2.16. The standard InChI is InChI=1S/C13H25N3O2S/c1-5-11(14)8-12-9-16(10-15-12)6-7-19(17,18)13(2,3)4/h9-11H,5-8,14H2,1-4H3. The minimum absolute atomic E-state index is 0.113. The molecule has 0 aliphatic heterocycles. The van der Waals surface area contributed by atoms with E-state index in [4.69, 9.17) is 5.73 Å². The number of aryl methyl sites for hydroxylation is 1. The minimum Gasteiger partial charge on any atom is -0.336 e. The van der Waals surface area contributed by atoms with Gasteiger partial charge in [-0.1, -0.05) is 6.92 Å². The highest BCUT2D eigenvalue weighted by molar-refractivity contribution is 7.92. The molecule has 0 aromatic carbocycles. The molecule has 6 heteroatoms. The number of nitrogens with zero attached hydrogens (tertiary/aromatic N) is 2. The second-order valence-corrected chi connectivity index (χ2v) is 8.77. The summed E-state index contributed by atoms with van der Waals surface area (Å²) in [6.45, 7) is 7.65. The first-order chi connectivity index (χ1) is 8.65. The second kappa shape index (κ2) is 6.05. The molecule has 0 saturated heterocycles. The SMILES string of the molecule is CCC(N)Cc1cn(CCS(=O)(=O)C(C)(C)C)cn1. The molecule has 1 unspecified atom stereocenters. The van der Waals surface area contributed by atoms with Crippen molar-refractivity contribution in [2.24, 2.45) is 5.73 Å². The van der Waals surface area contributed by atoms with Crippen LogP contribution in [0.25, 0.3) is 0 Å².